The lowest BCUT2D eigenvalue weighted by atomic mass is 10.1. The third-order valence-electron chi connectivity index (χ3n) is 5.44. The van der Waals surface area contributed by atoms with Gasteiger partial charge in [0.2, 0.25) is 5.91 Å². The summed E-state index contributed by atoms with van der Waals surface area (Å²) in [5.74, 6) is -0.223. The van der Waals surface area contributed by atoms with Crippen molar-refractivity contribution >= 4 is 16.8 Å². The van der Waals surface area contributed by atoms with E-state index in [1.807, 2.05) is 13.0 Å². The summed E-state index contributed by atoms with van der Waals surface area (Å²) >= 11 is 0. The Morgan fingerprint density at radius 2 is 2.04 bits per heavy atom. The van der Waals surface area contributed by atoms with Gasteiger partial charge in [-0.3, -0.25) is 9.69 Å². The number of halogens is 1. The summed E-state index contributed by atoms with van der Waals surface area (Å²) in [4.78, 5) is 14.7. The van der Waals surface area contributed by atoms with Gasteiger partial charge in [-0.05, 0) is 43.5 Å². The molecule has 2 aliphatic rings. The molecule has 2 heterocycles. The summed E-state index contributed by atoms with van der Waals surface area (Å²) in [6.07, 6.45) is 2.45. The maximum atomic E-state index is 13.9. The van der Waals surface area contributed by atoms with Gasteiger partial charge in [-0.1, -0.05) is 0 Å². The summed E-state index contributed by atoms with van der Waals surface area (Å²) in [6, 6.07) is 5.24. The third kappa shape index (κ3) is 3.76. The first-order valence-corrected chi connectivity index (χ1v) is 9.48. The second-order valence-corrected chi connectivity index (χ2v) is 7.35. The third-order valence-corrected chi connectivity index (χ3v) is 5.44. The highest BCUT2D eigenvalue weighted by Gasteiger charge is 2.25. The summed E-state index contributed by atoms with van der Waals surface area (Å²) in [5, 5.41) is 3.89. The average Bonchev–Trinajstić information content (AvgIpc) is 3.41. The second kappa shape index (κ2) is 7.37. The zero-order chi connectivity index (χ0) is 18.1. The normalized spacial score (nSPS) is 18.4. The van der Waals surface area contributed by atoms with Crippen molar-refractivity contribution in [1.29, 1.82) is 0 Å². The number of benzene rings is 1. The molecule has 2 fully saturated rings. The van der Waals surface area contributed by atoms with Crippen LogP contribution in [0.5, 0.6) is 0 Å². The molecule has 140 valence electrons. The van der Waals surface area contributed by atoms with Crippen LogP contribution in [0.3, 0.4) is 0 Å². The molecule has 5 nitrogen and oxygen atoms in total. The van der Waals surface area contributed by atoms with Crippen molar-refractivity contribution in [2.45, 2.75) is 38.8 Å². The molecule has 0 unspecified atom stereocenters. The molecule has 4 rings (SSSR count). The minimum absolute atomic E-state index is 0.0343. The Kier molecular flexibility index (Phi) is 4.96. The number of hydrogen-bond acceptors (Lipinski definition) is 3. The maximum Gasteiger partial charge on any atom is 0.224 e. The lowest BCUT2D eigenvalue weighted by molar-refractivity contribution is -0.120. The predicted octanol–water partition coefficient (Wildman–Crippen LogP) is 2.24. The number of amides is 1. The lowest BCUT2D eigenvalue weighted by Gasteiger charge is -2.27. The van der Waals surface area contributed by atoms with E-state index < -0.39 is 0 Å². The van der Waals surface area contributed by atoms with E-state index in [9.17, 15) is 9.18 Å². The van der Waals surface area contributed by atoms with Gasteiger partial charge >= 0.3 is 0 Å². The molecular formula is C20H26FN3O2. The second-order valence-electron chi connectivity index (χ2n) is 7.35. The van der Waals surface area contributed by atoms with Crippen molar-refractivity contribution in [1.82, 2.24) is 14.8 Å². The fourth-order valence-corrected chi connectivity index (χ4v) is 3.77. The first-order valence-electron chi connectivity index (χ1n) is 9.48. The largest absolute Gasteiger partial charge is 0.379 e. The van der Waals surface area contributed by atoms with Gasteiger partial charge in [0.1, 0.15) is 5.82 Å². The number of fused-ring (bicyclic) bond motifs is 1. The van der Waals surface area contributed by atoms with Crippen molar-refractivity contribution in [2.75, 3.05) is 32.8 Å². The topological polar surface area (TPSA) is 46.5 Å². The Morgan fingerprint density at radius 3 is 2.77 bits per heavy atom. The van der Waals surface area contributed by atoms with E-state index in [4.69, 9.17) is 4.74 Å². The number of ether oxygens (including phenoxy) is 1. The molecule has 0 atom stereocenters. The summed E-state index contributed by atoms with van der Waals surface area (Å²) in [5.41, 5.74) is 3.01. The molecule has 1 aliphatic carbocycles. The van der Waals surface area contributed by atoms with Crippen LogP contribution >= 0.6 is 0 Å². The van der Waals surface area contributed by atoms with Gasteiger partial charge in [-0.25, -0.2) is 4.39 Å². The highest BCUT2D eigenvalue weighted by Crippen LogP contribution is 2.28. The van der Waals surface area contributed by atoms with Crippen molar-refractivity contribution in [3.05, 3.63) is 35.3 Å². The molecule has 1 aliphatic heterocycles. The Bertz CT molecular complexity index is 807. The van der Waals surface area contributed by atoms with E-state index in [0.717, 1.165) is 74.4 Å². The molecule has 6 heteroatoms. The molecular weight excluding hydrogens is 333 g/mol. The standard InChI is InChI=1S/C20H26FN3O2/c1-14-17(13-20(25)22-16-3-4-16)18-12-15(21)2-5-19(18)24(14)7-6-23-8-10-26-11-9-23/h2,5,12,16H,3-4,6-11,13H2,1H3,(H,22,25). The average molecular weight is 359 g/mol. The van der Waals surface area contributed by atoms with E-state index in [2.05, 4.69) is 14.8 Å². The monoisotopic (exact) mass is 359 g/mol. The molecule has 1 N–H and O–H groups in total. The Balaban J connectivity index is 1.59. The first kappa shape index (κ1) is 17.5. The van der Waals surface area contributed by atoms with E-state index in [1.165, 1.54) is 6.07 Å². The molecule has 1 saturated carbocycles. The number of morpholine rings is 1. The number of nitrogens with zero attached hydrogens (tertiary/aromatic N) is 2. The van der Waals surface area contributed by atoms with Crippen molar-refractivity contribution in [3.8, 4) is 0 Å². The van der Waals surface area contributed by atoms with Crippen LogP contribution in [0.1, 0.15) is 24.1 Å². The number of carbonyl (C=O) groups is 1. The minimum atomic E-state index is -0.258. The molecule has 1 aromatic heterocycles. The maximum absolute atomic E-state index is 13.9. The van der Waals surface area contributed by atoms with E-state index >= 15 is 0 Å². The minimum Gasteiger partial charge on any atom is -0.379 e. The van der Waals surface area contributed by atoms with Gasteiger partial charge in [-0.2, -0.15) is 0 Å². The molecule has 0 spiro atoms. The smallest absolute Gasteiger partial charge is 0.224 e. The van der Waals surface area contributed by atoms with Gasteiger partial charge in [0.05, 0.1) is 19.6 Å². The lowest BCUT2D eigenvalue weighted by Crippen LogP contribution is -2.38. The molecule has 2 aromatic rings. The quantitative estimate of drug-likeness (QED) is 0.860. The van der Waals surface area contributed by atoms with Crippen LogP contribution < -0.4 is 5.32 Å². The summed E-state index contributed by atoms with van der Waals surface area (Å²) < 4.78 is 21.5. The van der Waals surface area contributed by atoms with Gasteiger partial charge in [0.15, 0.2) is 0 Å². The fraction of sp³-hybridized carbons (Fsp3) is 0.550. The van der Waals surface area contributed by atoms with Crippen LogP contribution in [-0.4, -0.2) is 54.3 Å². The fourth-order valence-electron chi connectivity index (χ4n) is 3.77. The highest BCUT2D eigenvalue weighted by atomic mass is 19.1. The zero-order valence-corrected chi connectivity index (χ0v) is 15.3. The molecule has 1 saturated heterocycles. The predicted molar refractivity (Wildman–Crippen MR) is 98.8 cm³/mol. The van der Waals surface area contributed by atoms with Crippen molar-refractivity contribution in [3.63, 3.8) is 0 Å². The van der Waals surface area contributed by atoms with Crippen LogP contribution in [0.2, 0.25) is 0 Å². The number of nitrogens with one attached hydrogen (secondary N) is 1. The van der Waals surface area contributed by atoms with Gasteiger partial charge in [0, 0.05) is 48.8 Å². The molecule has 0 bridgehead atoms. The zero-order valence-electron chi connectivity index (χ0n) is 15.3. The van der Waals surface area contributed by atoms with Crippen LogP contribution in [0.25, 0.3) is 10.9 Å². The van der Waals surface area contributed by atoms with Crippen molar-refractivity contribution in [2.24, 2.45) is 0 Å². The number of rotatable bonds is 6. The number of hydrogen-bond donors (Lipinski definition) is 1. The van der Waals surface area contributed by atoms with Gasteiger partial charge in [0.25, 0.3) is 0 Å². The van der Waals surface area contributed by atoms with Gasteiger partial charge < -0.3 is 14.6 Å². The highest BCUT2D eigenvalue weighted by molar-refractivity contribution is 5.91. The molecule has 1 aromatic carbocycles. The number of carbonyl (C=O) groups excluding carboxylic acids is 1. The summed E-state index contributed by atoms with van der Waals surface area (Å²) in [7, 11) is 0. The van der Waals surface area contributed by atoms with E-state index in [1.54, 1.807) is 6.07 Å². The summed E-state index contributed by atoms with van der Waals surface area (Å²) in [6.45, 7) is 7.26. The van der Waals surface area contributed by atoms with Crippen LogP contribution in [0.15, 0.2) is 18.2 Å². The van der Waals surface area contributed by atoms with Gasteiger partial charge in [-0.15, -0.1) is 0 Å². The van der Waals surface area contributed by atoms with E-state index in [0.29, 0.717) is 12.5 Å². The van der Waals surface area contributed by atoms with Crippen molar-refractivity contribution < 1.29 is 13.9 Å². The van der Waals surface area contributed by atoms with Crippen LogP contribution in [-0.2, 0) is 22.5 Å². The SMILES string of the molecule is Cc1c(CC(=O)NC2CC2)c2cc(F)ccc2n1CCN1CCOCC1. The van der Waals surface area contributed by atoms with Crippen LogP contribution in [0, 0.1) is 12.7 Å². The van der Waals surface area contributed by atoms with Crippen LogP contribution in [0.4, 0.5) is 4.39 Å². The van der Waals surface area contributed by atoms with E-state index in [-0.39, 0.29) is 11.7 Å². The number of aromatic nitrogens is 1. The Morgan fingerprint density at radius 1 is 1.27 bits per heavy atom. The Hall–Kier alpha value is -1.92. The molecule has 1 amide bonds. The molecule has 0 radical (unpaired) electrons. The first-order chi connectivity index (χ1) is 12.6. The Labute approximate surface area is 153 Å². The molecule has 26 heavy (non-hydrogen) atoms.